The highest BCUT2D eigenvalue weighted by atomic mass is 15.0. The summed E-state index contributed by atoms with van der Waals surface area (Å²) in [5.74, 6) is 0.308. The second-order valence-corrected chi connectivity index (χ2v) is 1.64. The van der Waals surface area contributed by atoms with Gasteiger partial charge >= 0.3 is 0 Å². The Morgan fingerprint density at radius 2 is 2.20 bits per heavy atom. The van der Waals surface area contributed by atoms with E-state index in [1.165, 1.54) is 6.20 Å². The van der Waals surface area contributed by atoms with Crippen molar-refractivity contribution in [1.82, 2.24) is 9.97 Å². The average molecular weight is 135 g/mol. The second-order valence-electron chi connectivity index (χ2n) is 1.64. The summed E-state index contributed by atoms with van der Waals surface area (Å²) in [7, 11) is 0. The molecule has 10 heavy (non-hydrogen) atoms. The van der Waals surface area contributed by atoms with Crippen LogP contribution in [0, 0.1) is 11.3 Å². The Bertz CT molecular complexity index is 287. The van der Waals surface area contributed by atoms with Crippen LogP contribution in [0.5, 0.6) is 0 Å². The first-order chi connectivity index (χ1) is 4.74. The zero-order chi connectivity index (χ0) is 7.56. The van der Waals surface area contributed by atoms with E-state index in [9.17, 15) is 0 Å². The summed E-state index contributed by atoms with van der Waals surface area (Å²) in [5.41, 5.74) is 10.5. The average Bonchev–Trinajstić information content (AvgIpc) is 1.94. The SMILES string of the molecule is N#Cc1nc(N)cnc1N. The Hall–Kier alpha value is -1.83. The van der Waals surface area contributed by atoms with E-state index >= 15 is 0 Å². The molecule has 0 unspecified atom stereocenters. The molecule has 1 rings (SSSR count). The zero-order valence-electron chi connectivity index (χ0n) is 5.07. The minimum absolute atomic E-state index is 0.0694. The third-order valence-electron chi connectivity index (χ3n) is 0.925. The van der Waals surface area contributed by atoms with E-state index in [0.29, 0.717) is 0 Å². The van der Waals surface area contributed by atoms with Crippen molar-refractivity contribution in [2.24, 2.45) is 0 Å². The van der Waals surface area contributed by atoms with Crippen molar-refractivity contribution in [2.45, 2.75) is 0 Å². The van der Waals surface area contributed by atoms with Gasteiger partial charge in [-0.15, -0.1) is 0 Å². The molecule has 0 aliphatic rings. The molecule has 0 bridgehead atoms. The van der Waals surface area contributed by atoms with Gasteiger partial charge in [-0.3, -0.25) is 0 Å². The largest absolute Gasteiger partial charge is 0.382 e. The van der Waals surface area contributed by atoms with Gasteiger partial charge in [-0.05, 0) is 0 Å². The first-order valence-corrected chi connectivity index (χ1v) is 2.52. The molecular weight excluding hydrogens is 130 g/mol. The molecule has 50 valence electrons. The summed E-state index contributed by atoms with van der Waals surface area (Å²) in [4.78, 5) is 7.24. The molecular formula is C5H5N5. The van der Waals surface area contributed by atoms with Crippen LogP contribution in [0.25, 0.3) is 0 Å². The van der Waals surface area contributed by atoms with E-state index in [-0.39, 0.29) is 17.3 Å². The van der Waals surface area contributed by atoms with Crippen LogP contribution in [0.1, 0.15) is 5.69 Å². The van der Waals surface area contributed by atoms with Crippen LogP contribution in [0.2, 0.25) is 0 Å². The van der Waals surface area contributed by atoms with Crippen LogP contribution in [-0.2, 0) is 0 Å². The highest BCUT2D eigenvalue weighted by molar-refractivity contribution is 5.46. The Kier molecular flexibility index (Phi) is 1.38. The Morgan fingerprint density at radius 1 is 1.50 bits per heavy atom. The molecule has 0 radical (unpaired) electrons. The lowest BCUT2D eigenvalue weighted by Gasteiger charge is -1.94. The number of rotatable bonds is 0. The lowest BCUT2D eigenvalue weighted by Crippen LogP contribution is -2.00. The molecule has 0 saturated heterocycles. The summed E-state index contributed by atoms with van der Waals surface area (Å²) >= 11 is 0. The first-order valence-electron chi connectivity index (χ1n) is 2.52. The van der Waals surface area contributed by atoms with Gasteiger partial charge in [0, 0.05) is 0 Å². The number of nitrogens with two attached hydrogens (primary N) is 2. The molecule has 0 fully saturated rings. The molecule has 1 aromatic heterocycles. The monoisotopic (exact) mass is 135 g/mol. The summed E-state index contributed by atoms with van der Waals surface area (Å²) in [6, 6.07) is 1.76. The number of anilines is 2. The fraction of sp³-hybridized carbons (Fsp3) is 0. The third-order valence-corrected chi connectivity index (χ3v) is 0.925. The van der Waals surface area contributed by atoms with Gasteiger partial charge in [-0.1, -0.05) is 0 Å². The predicted molar refractivity (Wildman–Crippen MR) is 35.6 cm³/mol. The normalized spacial score (nSPS) is 8.70. The minimum atomic E-state index is 0.0694. The van der Waals surface area contributed by atoms with Gasteiger partial charge in [0.15, 0.2) is 11.5 Å². The molecule has 5 nitrogen and oxygen atoms in total. The van der Waals surface area contributed by atoms with Crippen LogP contribution < -0.4 is 11.5 Å². The van der Waals surface area contributed by atoms with Crippen molar-refractivity contribution >= 4 is 11.6 Å². The third kappa shape index (κ3) is 0.951. The zero-order valence-corrected chi connectivity index (χ0v) is 5.07. The van der Waals surface area contributed by atoms with E-state index in [1.807, 2.05) is 0 Å². The maximum atomic E-state index is 8.35. The van der Waals surface area contributed by atoms with Crippen molar-refractivity contribution in [2.75, 3.05) is 11.5 Å². The van der Waals surface area contributed by atoms with Crippen LogP contribution in [0.15, 0.2) is 6.20 Å². The number of nitrogen functional groups attached to an aromatic ring is 2. The van der Waals surface area contributed by atoms with E-state index in [0.717, 1.165) is 0 Å². The number of nitriles is 1. The predicted octanol–water partition coefficient (Wildman–Crippen LogP) is -0.487. The standard InChI is InChI=1S/C5H5N5/c6-1-3-5(8)9-2-4(7)10-3/h2H,(H2,7,10)(H2,8,9). The van der Waals surface area contributed by atoms with Crippen LogP contribution in [0.3, 0.4) is 0 Å². The van der Waals surface area contributed by atoms with Gasteiger partial charge in [0.1, 0.15) is 11.9 Å². The highest BCUT2D eigenvalue weighted by Gasteiger charge is 1.99. The molecule has 0 saturated carbocycles. The molecule has 0 amide bonds. The van der Waals surface area contributed by atoms with Crippen molar-refractivity contribution < 1.29 is 0 Å². The highest BCUT2D eigenvalue weighted by Crippen LogP contribution is 2.03. The molecule has 1 heterocycles. The molecule has 4 N–H and O–H groups in total. The molecule has 0 spiro atoms. The maximum absolute atomic E-state index is 8.35. The molecule has 0 aromatic carbocycles. The Labute approximate surface area is 57.3 Å². The number of aromatic nitrogens is 2. The van der Waals surface area contributed by atoms with E-state index in [2.05, 4.69) is 9.97 Å². The summed E-state index contributed by atoms with van der Waals surface area (Å²) < 4.78 is 0. The summed E-state index contributed by atoms with van der Waals surface area (Å²) in [6.45, 7) is 0. The molecule has 0 aliphatic heterocycles. The maximum Gasteiger partial charge on any atom is 0.184 e. The number of hydrogen-bond donors (Lipinski definition) is 2. The van der Waals surface area contributed by atoms with Gasteiger partial charge in [-0.25, -0.2) is 9.97 Å². The Balaban J connectivity index is 3.25. The Morgan fingerprint density at radius 3 is 2.70 bits per heavy atom. The fourth-order valence-corrected chi connectivity index (χ4v) is 0.494. The topological polar surface area (TPSA) is 102 Å². The number of hydrogen-bond acceptors (Lipinski definition) is 5. The quantitative estimate of drug-likeness (QED) is 0.499. The van der Waals surface area contributed by atoms with Crippen molar-refractivity contribution in [3.05, 3.63) is 11.9 Å². The minimum Gasteiger partial charge on any atom is -0.382 e. The molecule has 0 atom stereocenters. The van der Waals surface area contributed by atoms with Crippen LogP contribution in [-0.4, -0.2) is 9.97 Å². The van der Waals surface area contributed by atoms with Gasteiger partial charge in [0.2, 0.25) is 0 Å². The smallest absolute Gasteiger partial charge is 0.184 e. The second kappa shape index (κ2) is 2.19. The summed E-state index contributed by atoms with van der Waals surface area (Å²) in [6.07, 6.45) is 1.30. The van der Waals surface area contributed by atoms with Gasteiger partial charge < -0.3 is 11.5 Å². The van der Waals surface area contributed by atoms with E-state index in [1.54, 1.807) is 6.07 Å². The van der Waals surface area contributed by atoms with E-state index in [4.69, 9.17) is 16.7 Å². The number of nitrogens with zero attached hydrogens (tertiary/aromatic N) is 3. The lowest BCUT2D eigenvalue weighted by atomic mass is 10.4. The molecule has 0 aliphatic carbocycles. The van der Waals surface area contributed by atoms with Crippen molar-refractivity contribution in [1.29, 1.82) is 5.26 Å². The fourth-order valence-electron chi connectivity index (χ4n) is 0.494. The molecule has 1 aromatic rings. The van der Waals surface area contributed by atoms with Gasteiger partial charge in [0.05, 0.1) is 6.20 Å². The lowest BCUT2D eigenvalue weighted by molar-refractivity contribution is 1.18. The molecule has 5 heteroatoms. The van der Waals surface area contributed by atoms with Gasteiger partial charge in [-0.2, -0.15) is 5.26 Å². The van der Waals surface area contributed by atoms with Crippen molar-refractivity contribution in [3.63, 3.8) is 0 Å². The van der Waals surface area contributed by atoms with Gasteiger partial charge in [0.25, 0.3) is 0 Å². The van der Waals surface area contributed by atoms with E-state index < -0.39 is 0 Å². The van der Waals surface area contributed by atoms with Crippen molar-refractivity contribution in [3.8, 4) is 6.07 Å². The van der Waals surface area contributed by atoms with Crippen LogP contribution >= 0.6 is 0 Å². The summed E-state index contributed by atoms with van der Waals surface area (Å²) in [5, 5.41) is 8.35. The first kappa shape index (κ1) is 6.29. The van der Waals surface area contributed by atoms with Crippen LogP contribution in [0.4, 0.5) is 11.6 Å².